The fraction of sp³-hybridized carbons (Fsp3) is 0.942. The molecule has 0 fully saturated rings. The molecule has 0 aliphatic heterocycles. The van der Waals surface area contributed by atoms with E-state index in [0.29, 0.717) is 25.7 Å². The van der Waals surface area contributed by atoms with Gasteiger partial charge in [0.05, 0.1) is 26.4 Å². The number of hydrogen-bond acceptors (Lipinski definition) is 15. The average Bonchev–Trinajstić information content (AvgIpc) is 3.55. The van der Waals surface area contributed by atoms with E-state index >= 15 is 0 Å². The molecule has 0 radical (unpaired) electrons. The van der Waals surface area contributed by atoms with E-state index in [4.69, 9.17) is 37.0 Å². The molecule has 0 amide bonds. The van der Waals surface area contributed by atoms with Gasteiger partial charge >= 0.3 is 39.5 Å². The van der Waals surface area contributed by atoms with Crippen LogP contribution in [0.1, 0.15) is 362 Å². The van der Waals surface area contributed by atoms with Crippen LogP contribution >= 0.6 is 15.6 Å². The smallest absolute Gasteiger partial charge is 0.462 e. The fourth-order valence-electron chi connectivity index (χ4n) is 10.5. The van der Waals surface area contributed by atoms with Crippen molar-refractivity contribution in [3.05, 3.63) is 0 Å². The van der Waals surface area contributed by atoms with Crippen molar-refractivity contribution in [2.24, 2.45) is 0 Å². The minimum absolute atomic E-state index is 0.105. The third-order valence-electron chi connectivity index (χ3n) is 16.1. The quantitative estimate of drug-likeness (QED) is 0.0222. The van der Waals surface area contributed by atoms with Crippen LogP contribution in [-0.2, 0) is 65.4 Å². The van der Waals surface area contributed by atoms with Crippen LogP contribution in [0.3, 0.4) is 0 Å². The van der Waals surface area contributed by atoms with E-state index in [9.17, 15) is 43.2 Å². The summed E-state index contributed by atoms with van der Waals surface area (Å²) >= 11 is 0. The predicted molar refractivity (Wildman–Crippen MR) is 354 cm³/mol. The zero-order chi connectivity index (χ0) is 64.7. The molecular formula is C69H134O17P2. The number of hydrogen-bond donors (Lipinski definition) is 3. The number of ether oxygens (including phenoxy) is 4. The predicted octanol–water partition coefficient (Wildman–Crippen LogP) is 19.9. The molecule has 0 rings (SSSR count). The minimum atomic E-state index is -4.95. The van der Waals surface area contributed by atoms with Crippen LogP contribution in [0, 0.1) is 0 Å². The number of carbonyl (C=O) groups is 4. The number of rotatable bonds is 70. The van der Waals surface area contributed by atoms with Gasteiger partial charge in [0, 0.05) is 25.7 Å². The van der Waals surface area contributed by atoms with Gasteiger partial charge in [0.25, 0.3) is 0 Å². The van der Waals surface area contributed by atoms with E-state index < -0.39 is 97.5 Å². The Morgan fingerprint density at radius 2 is 0.455 bits per heavy atom. The number of aliphatic hydroxyl groups is 1. The van der Waals surface area contributed by atoms with Crippen LogP contribution in [-0.4, -0.2) is 96.7 Å². The zero-order valence-electron chi connectivity index (χ0n) is 56.7. The largest absolute Gasteiger partial charge is 0.472 e. The van der Waals surface area contributed by atoms with Crippen LogP contribution in [0.4, 0.5) is 0 Å². The molecule has 5 atom stereocenters. The summed E-state index contributed by atoms with van der Waals surface area (Å²) in [5.41, 5.74) is 0. The maximum Gasteiger partial charge on any atom is 0.472 e. The second-order valence-corrected chi connectivity index (χ2v) is 27.8. The Balaban J connectivity index is 5.16. The van der Waals surface area contributed by atoms with Gasteiger partial charge in [-0.15, -0.1) is 0 Å². The first-order valence-electron chi connectivity index (χ1n) is 36.3. The summed E-state index contributed by atoms with van der Waals surface area (Å²) in [6.07, 6.45) is 51.5. The molecule has 0 aromatic heterocycles. The molecule has 17 nitrogen and oxygen atoms in total. The molecule has 522 valence electrons. The van der Waals surface area contributed by atoms with E-state index in [2.05, 4.69) is 27.7 Å². The molecule has 0 spiro atoms. The van der Waals surface area contributed by atoms with E-state index in [1.54, 1.807) is 0 Å². The molecule has 0 aliphatic carbocycles. The first-order valence-corrected chi connectivity index (χ1v) is 39.3. The van der Waals surface area contributed by atoms with Crippen LogP contribution < -0.4 is 0 Å². The van der Waals surface area contributed by atoms with Crippen molar-refractivity contribution in [3.63, 3.8) is 0 Å². The lowest BCUT2D eigenvalue weighted by Crippen LogP contribution is -2.30. The molecule has 0 aromatic carbocycles. The lowest BCUT2D eigenvalue weighted by atomic mass is 10.0. The summed E-state index contributed by atoms with van der Waals surface area (Å²) in [6, 6.07) is 0. The van der Waals surface area contributed by atoms with Gasteiger partial charge in [0.1, 0.15) is 19.3 Å². The van der Waals surface area contributed by atoms with Crippen molar-refractivity contribution in [1.29, 1.82) is 0 Å². The van der Waals surface area contributed by atoms with Crippen LogP contribution in [0.25, 0.3) is 0 Å². The van der Waals surface area contributed by atoms with Gasteiger partial charge < -0.3 is 33.8 Å². The summed E-state index contributed by atoms with van der Waals surface area (Å²) in [5.74, 6) is -2.13. The van der Waals surface area contributed by atoms with Crippen LogP contribution in [0.5, 0.6) is 0 Å². The van der Waals surface area contributed by atoms with Crippen molar-refractivity contribution in [2.45, 2.75) is 380 Å². The highest BCUT2D eigenvalue weighted by Gasteiger charge is 2.30. The van der Waals surface area contributed by atoms with E-state index in [1.165, 1.54) is 180 Å². The average molecular weight is 1300 g/mol. The molecule has 3 N–H and O–H groups in total. The second kappa shape index (κ2) is 63.8. The summed E-state index contributed by atoms with van der Waals surface area (Å²) < 4.78 is 68.1. The standard InChI is InChI=1S/C69H134O17P2/c1-5-9-13-17-21-25-27-29-30-31-32-33-34-36-38-40-44-48-52-56-69(74)86-65(60-80-67(72)54-50-46-43-39-37-35-28-26-22-18-14-10-6-2)62-84-88(77,78)82-58-63(70)57-81-87(75,76)83-61-64(85-68(73)55-51-47-42-24-20-16-12-8-4)59-79-66(71)53-49-45-41-23-19-15-11-7-3/h63-65,70H,5-62H2,1-4H3,(H,75,76)(H,77,78)/t63-,64+,65+/m0/s1. The number of phosphoric acid groups is 2. The fourth-order valence-corrected chi connectivity index (χ4v) is 12.1. The van der Waals surface area contributed by atoms with Gasteiger partial charge in [-0.05, 0) is 25.7 Å². The third kappa shape index (κ3) is 62.8. The Kier molecular flexibility index (Phi) is 62.4. The molecule has 0 saturated carbocycles. The Labute approximate surface area is 537 Å². The van der Waals surface area contributed by atoms with Gasteiger partial charge in [-0.25, -0.2) is 9.13 Å². The minimum Gasteiger partial charge on any atom is -0.462 e. The molecular weight excluding hydrogens is 1160 g/mol. The van der Waals surface area contributed by atoms with Crippen molar-refractivity contribution < 1.29 is 80.2 Å². The topological polar surface area (TPSA) is 237 Å². The Hall–Kier alpha value is -1.94. The number of carbonyl (C=O) groups excluding carboxylic acids is 4. The number of aliphatic hydroxyl groups excluding tert-OH is 1. The number of phosphoric ester groups is 2. The summed E-state index contributed by atoms with van der Waals surface area (Å²) in [4.78, 5) is 72.3. The van der Waals surface area contributed by atoms with Crippen molar-refractivity contribution >= 4 is 39.5 Å². The van der Waals surface area contributed by atoms with Gasteiger partial charge in [-0.1, -0.05) is 310 Å². The highest BCUT2D eigenvalue weighted by Crippen LogP contribution is 2.45. The maximum absolute atomic E-state index is 13.0. The lowest BCUT2D eigenvalue weighted by Gasteiger charge is -2.21. The Morgan fingerprint density at radius 1 is 0.273 bits per heavy atom. The van der Waals surface area contributed by atoms with Gasteiger partial charge in [0.2, 0.25) is 0 Å². The summed E-state index contributed by atoms with van der Waals surface area (Å²) in [7, 11) is -9.89. The summed E-state index contributed by atoms with van der Waals surface area (Å²) in [5, 5.41) is 10.6. The normalized spacial score (nSPS) is 14.0. The lowest BCUT2D eigenvalue weighted by molar-refractivity contribution is -0.161. The molecule has 2 unspecified atom stereocenters. The summed E-state index contributed by atoms with van der Waals surface area (Å²) in [6.45, 7) is 4.88. The molecule has 88 heavy (non-hydrogen) atoms. The Bertz CT molecular complexity index is 1690. The first kappa shape index (κ1) is 86.1. The van der Waals surface area contributed by atoms with Crippen molar-refractivity contribution in [2.75, 3.05) is 39.6 Å². The molecule has 19 heteroatoms. The maximum atomic E-state index is 13.0. The van der Waals surface area contributed by atoms with Crippen molar-refractivity contribution in [3.8, 4) is 0 Å². The third-order valence-corrected chi connectivity index (χ3v) is 18.0. The van der Waals surface area contributed by atoms with Crippen LogP contribution in [0.2, 0.25) is 0 Å². The van der Waals surface area contributed by atoms with Gasteiger partial charge in [-0.2, -0.15) is 0 Å². The van der Waals surface area contributed by atoms with E-state index in [1.807, 2.05) is 0 Å². The SMILES string of the molecule is CCCCCCCCCCCCCCCCCCCCCC(=O)O[C@H](COC(=O)CCCCCCCCCCCCCCC)COP(=O)(O)OC[C@@H](O)COP(=O)(O)OC[C@@H](COC(=O)CCCCCCCCCC)OC(=O)CCCCCCCCCC. The first-order chi connectivity index (χ1) is 42.7. The van der Waals surface area contributed by atoms with Gasteiger partial charge in [0.15, 0.2) is 12.2 Å². The Morgan fingerprint density at radius 3 is 0.670 bits per heavy atom. The van der Waals surface area contributed by atoms with Gasteiger partial charge in [-0.3, -0.25) is 37.3 Å². The second-order valence-electron chi connectivity index (χ2n) is 24.9. The van der Waals surface area contributed by atoms with E-state index in [0.717, 1.165) is 103 Å². The molecule has 0 bridgehead atoms. The molecule has 0 saturated heterocycles. The highest BCUT2D eigenvalue weighted by atomic mass is 31.2. The van der Waals surface area contributed by atoms with E-state index in [-0.39, 0.29) is 25.7 Å². The number of esters is 4. The number of unbranched alkanes of at least 4 members (excludes halogenated alkanes) is 44. The zero-order valence-corrected chi connectivity index (χ0v) is 58.5. The van der Waals surface area contributed by atoms with Crippen LogP contribution in [0.15, 0.2) is 0 Å². The monoisotopic (exact) mass is 1300 g/mol. The molecule has 0 heterocycles. The van der Waals surface area contributed by atoms with Crippen molar-refractivity contribution in [1.82, 2.24) is 0 Å². The molecule has 0 aliphatic rings. The highest BCUT2D eigenvalue weighted by molar-refractivity contribution is 7.47. The molecule has 0 aromatic rings.